The molecule has 0 atom stereocenters. The molecule has 1 aromatic carbocycles. The number of Topliss-reactive ketones (excluding diaryl/α,β-unsaturated/α-hetero) is 1. The van der Waals surface area contributed by atoms with Gasteiger partial charge in [0, 0.05) is 49.5 Å². The zero-order valence-electron chi connectivity index (χ0n) is 21.3. The summed E-state index contributed by atoms with van der Waals surface area (Å²) in [5, 5.41) is 0. The fourth-order valence-corrected chi connectivity index (χ4v) is 4.86. The van der Waals surface area contributed by atoms with Crippen LogP contribution in [0, 0.1) is 13.8 Å². The lowest BCUT2D eigenvalue weighted by molar-refractivity contribution is 0.0323. The van der Waals surface area contributed by atoms with Crippen LogP contribution in [0.3, 0.4) is 0 Å². The number of morpholine rings is 1. The minimum absolute atomic E-state index is 0.113. The number of fused-ring (bicyclic) bond motifs is 1. The third-order valence-electron chi connectivity index (χ3n) is 6.77. The maximum Gasteiger partial charge on any atom is 0.354 e. The first-order valence-electron chi connectivity index (χ1n) is 12.2. The predicted molar refractivity (Wildman–Crippen MR) is 131 cm³/mol. The highest BCUT2D eigenvalue weighted by Gasteiger charge is 2.29. The number of ether oxygens (including phenoxy) is 4. The number of amides is 1. The van der Waals surface area contributed by atoms with Crippen molar-refractivity contribution in [2.45, 2.75) is 27.3 Å². The smallest absolute Gasteiger partial charge is 0.354 e. The monoisotopic (exact) mass is 499 g/mol. The van der Waals surface area contributed by atoms with E-state index in [4.69, 9.17) is 18.9 Å². The van der Waals surface area contributed by atoms with Crippen molar-refractivity contribution in [2.24, 2.45) is 0 Å². The molecule has 0 N–H and O–H groups in total. The normalized spacial score (nSPS) is 15.1. The van der Waals surface area contributed by atoms with Gasteiger partial charge in [-0.15, -0.1) is 0 Å². The summed E-state index contributed by atoms with van der Waals surface area (Å²) < 4.78 is 23.0. The van der Waals surface area contributed by atoms with E-state index >= 15 is 0 Å². The van der Waals surface area contributed by atoms with Crippen LogP contribution in [-0.4, -0.2) is 91.9 Å². The maximum atomic E-state index is 13.6. The largest absolute Gasteiger partial charge is 0.464 e. The number of esters is 1. The Kier molecular flexibility index (Phi) is 7.95. The maximum absolute atomic E-state index is 13.6. The first-order valence-corrected chi connectivity index (χ1v) is 12.2. The van der Waals surface area contributed by atoms with Crippen LogP contribution >= 0.6 is 0 Å². The number of ketones is 1. The number of carbonyl (C=O) groups is 3. The predicted octanol–water partition coefficient (Wildman–Crippen LogP) is 2.30. The van der Waals surface area contributed by atoms with E-state index in [1.165, 1.54) is 7.11 Å². The Morgan fingerprint density at radius 3 is 2.50 bits per heavy atom. The van der Waals surface area contributed by atoms with Crippen LogP contribution in [0.4, 0.5) is 0 Å². The fourth-order valence-electron chi connectivity index (χ4n) is 4.86. The average molecular weight is 500 g/mol. The van der Waals surface area contributed by atoms with Crippen LogP contribution in [0.2, 0.25) is 0 Å². The van der Waals surface area contributed by atoms with Gasteiger partial charge >= 0.3 is 5.97 Å². The van der Waals surface area contributed by atoms with Crippen molar-refractivity contribution < 1.29 is 33.3 Å². The molecule has 10 heteroatoms. The van der Waals surface area contributed by atoms with Gasteiger partial charge in [-0.1, -0.05) is 0 Å². The quantitative estimate of drug-likeness (QED) is 0.383. The van der Waals surface area contributed by atoms with E-state index < -0.39 is 5.97 Å². The lowest BCUT2D eigenvalue weighted by Gasteiger charge is -2.30. The van der Waals surface area contributed by atoms with Crippen LogP contribution in [0.5, 0.6) is 11.5 Å². The number of hydrogen-bond donors (Lipinski definition) is 0. The Bertz CT molecular complexity index is 1150. The van der Waals surface area contributed by atoms with Crippen molar-refractivity contribution >= 4 is 17.7 Å². The number of aromatic nitrogens is 1. The average Bonchev–Trinajstić information content (AvgIpc) is 3.46. The molecule has 2 aromatic rings. The Labute approximate surface area is 210 Å². The molecule has 0 spiro atoms. The van der Waals surface area contributed by atoms with Crippen molar-refractivity contribution in [3.8, 4) is 11.5 Å². The van der Waals surface area contributed by atoms with Crippen molar-refractivity contribution in [2.75, 3.05) is 59.8 Å². The van der Waals surface area contributed by atoms with E-state index in [2.05, 4.69) is 4.90 Å². The van der Waals surface area contributed by atoms with Crippen molar-refractivity contribution in [1.82, 2.24) is 14.4 Å². The number of carbonyl (C=O) groups excluding carboxylic acids is 3. The minimum atomic E-state index is -0.489. The van der Waals surface area contributed by atoms with Gasteiger partial charge in [0.25, 0.3) is 5.91 Å². The summed E-state index contributed by atoms with van der Waals surface area (Å²) in [4.78, 5) is 43.4. The van der Waals surface area contributed by atoms with Gasteiger partial charge in [-0.3, -0.25) is 14.5 Å². The van der Waals surface area contributed by atoms with Crippen molar-refractivity contribution in [1.29, 1.82) is 0 Å². The summed E-state index contributed by atoms with van der Waals surface area (Å²) >= 11 is 0. The molecule has 10 nitrogen and oxygen atoms in total. The molecule has 0 saturated carbocycles. The number of methoxy groups -OCH3 is 1. The molecular formula is C26H33N3O7. The molecule has 3 heterocycles. The van der Waals surface area contributed by atoms with Gasteiger partial charge < -0.3 is 28.4 Å². The Hall–Kier alpha value is -3.37. The first-order chi connectivity index (χ1) is 17.3. The van der Waals surface area contributed by atoms with Crippen LogP contribution in [0.15, 0.2) is 18.2 Å². The highest BCUT2D eigenvalue weighted by Crippen LogP contribution is 2.33. The third-order valence-corrected chi connectivity index (χ3v) is 6.77. The van der Waals surface area contributed by atoms with Crippen molar-refractivity contribution in [3.05, 3.63) is 46.3 Å². The van der Waals surface area contributed by atoms with E-state index in [9.17, 15) is 14.4 Å². The molecular weight excluding hydrogens is 466 g/mol. The Balaban J connectivity index is 1.61. The highest BCUT2D eigenvalue weighted by molar-refractivity contribution is 6.06. The van der Waals surface area contributed by atoms with E-state index in [0.29, 0.717) is 72.4 Å². The van der Waals surface area contributed by atoms with Crippen LogP contribution in [-0.2, 0) is 16.0 Å². The second-order valence-electron chi connectivity index (χ2n) is 8.84. The topological polar surface area (TPSA) is 99.5 Å². The molecule has 0 bridgehead atoms. The SMILES string of the molecule is CCn1c(C)c(C(=O)CN(CCN2CCOCC2)C(=O)c2ccc3c(c2)OCO3)c(C)c1C(=O)OC. The van der Waals surface area contributed by atoms with E-state index in [1.807, 2.05) is 13.8 Å². The van der Waals surface area contributed by atoms with Gasteiger partial charge in [0.1, 0.15) is 5.69 Å². The standard InChI is InChI=1S/C26H33N3O7/c1-5-29-18(3)23(17(2)24(29)26(32)33-4)20(30)15-28(9-8-27-10-12-34-13-11-27)25(31)19-6-7-21-22(14-19)36-16-35-21/h6-7,14H,5,8-13,15-16H2,1-4H3. The molecule has 0 aliphatic carbocycles. The van der Waals surface area contributed by atoms with Crippen LogP contribution in [0.1, 0.15) is 49.4 Å². The van der Waals surface area contributed by atoms with Gasteiger partial charge in [0.2, 0.25) is 6.79 Å². The third kappa shape index (κ3) is 5.10. The Morgan fingerprint density at radius 2 is 1.81 bits per heavy atom. The number of hydrogen-bond acceptors (Lipinski definition) is 8. The first kappa shape index (κ1) is 25.7. The number of rotatable bonds is 9. The molecule has 0 unspecified atom stereocenters. The molecule has 194 valence electrons. The lowest BCUT2D eigenvalue weighted by atomic mass is 10.0. The molecule has 1 saturated heterocycles. The summed E-state index contributed by atoms with van der Waals surface area (Å²) in [5.41, 5.74) is 2.48. The highest BCUT2D eigenvalue weighted by atomic mass is 16.7. The number of nitrogens with zero attached hydrogens (tertiary/aromatic N) is 3. The second kappa shape index (κ2) is 11.1. The van der Waals surface area contributed by atoms with Crippen LogP contribution < -0.4 is 9.47 Å². The van der Waals surface area contributed by atoms with E-state index in [1.54, 1.807) is 34.6 Å². The van der Waals surface area contributed by atoms with E-state index in [-0.39, 0.29) is 25.0 Å². The van der Waals surface area contributed by atoms with Gasteiger partial charge in [-0.25, -0.2) is 4.79 Å². The molecule has 1 amide bonds. The van der Waals surface area contributed by atoms with E-state index in [0.717, 1.165) is 13.1 Å². The van der Waals surface area contributed by atoms with Gasteiger partial charge in [-0.05, 0) is 44.5 Å². The summed E-state index contributed by atoms with van der Waals surface area (Å²) in [6.45, 7) is 9.82. The molecule has 36 heavy (non-hydrogen) atoms. The molecule has 2 aliphatic rings. The fraction of sp³-hybridized carbons (Fsp3) is 0.500. The second-order valence-corrected chi connectivity index (χ2v) is 8.84. The number of benzene rings is 1. The zero-order chi connectivity index (χ0) is 25.8. The molecule has 4 rings (SSSR count). The molecule has 0 radical (unpaired) electrons. The minimum Gasteiger partial charge on any atom is -0.464 e. The molecule has 2 aliphatic heterocycles. The molecule has 1 aromatic heterocycles. The lowest BCUT2D eigenvalue weighted by Crippen LogP contribution is -2.44. The van der Waals surface area contributed by atoms with Crippen molar-refractivity contribution in [3.63, 3.8) is 0 Å². The van der Waals surface area contributed by atoms with Gasteiger partial charge in [0.05, 0.1) is 26.9 Å². The summed E-state index contributed by atoms with van der Waals surface area (Å²) in [6.07, 6.45) is 0. The van der Waals surface area contributed by atoms with Crippen LogP contribution in [0.25, 0.3) is 0 Å². The summed E-state index contributed by atoms with van der Waals surface area (Å²) in [6, 6.07) is 5.04. The summed E-state index contributed by atoms with van der Waals surface area (Å²) in [5.74, 6) is 0.114. The zero-order valence-corrected chi connectivity index (χ0v) is 21.3. The Morgan fingerprint density at radius 1 is 1.08 bits per heavy atom. The van der Waals surface area contributed by atoms with Gasteiger partial charge in [0.15, 0.2) is 17.3 Å². The molecule has 1 fully saturated rings. The van der Waals surface area contributed by atoms with Gasteiger partial charge in [-0.2, -0.15) is 0 Å². The summed E-state index contributed by atoms with van der Waals surface area (Å²) in [7, 11) is 1.32.